The molecule has 1 heterocycles. The maximum Gasteiger partial charge on any atom is 0.281 e. The van der Waals surface area contributed by atoms with Crippen LogP contribution in [-0.2, 0) is 16.8 Å². The highest BCUT2D eigenvalue weighted by atomic mass is 32.2. The largest absolute Gasteiger partial charge is 0.296 e. The van der Waals surface area contributed by atoms with Gasteiger partial charge in [0.1, 0.15) is 0 Å². The van der Waals surface area contributed by atoms with Gasteiger partial charge in [0.2, 0.25) is 0 Å². The Hall–Kier alpha value is -1.55. The molecule has 1 fully saturated rings. The molecule has 1 aromatic carbocycles. The average molecular weight is 328 g/mol. The summed E-state index contributed by atoms with van der Waals surface area (Å²) in [6, 6.07) is 6.45. The molecule has 0 saturated carbocycles. The molecule has 0 N–H and O–H groups in total. The molecule has 0 aliphatic carbocycles. The normalized spacial score (nSPS) is 17.8. The van der Waals surface area contributed by atoms with Gasteiger partial charge in [-0.1, -0.05) is 12.1 Å². The van der Waals surface area contributed by atoms with Crippen LogP contribution in [0.15, 0.2) is 24.3 Å². The fourth-order valence-corrected chi connectivity index (χ4v) is 3.42. The Balaban J connectivity index is 1.91. The van der Waals surface area contributed by atoms with Crippen molar-refractivity contribution in [3.63, 3.8) is 0 Å². The maximum atomic E-state index is 12.0. The standard InChI is InChI=1S/C13H20N4O4S/c1-14(2)22(20,21)16-9-7-15(8-10-16)11-12-3-5-13(6-4-12)17(18)19/h3-6H,7-11H2,1-2H3. The lowest BCUT2D eigenvalue weighted by atomic mass is 10.2. The zero-order valence-electron chi connectivity index (χ0n) is 12.7. The summed E-state index contributed by atoms with van der Waals surface area (Å²) in [5.41, 5.74) is 1.06. The molecule has 0 unspecified atom stereocenters. The summed E-state index contributed by atoms with van der Waals surface area (Å²) in [6.07, 6.45) is 0. The van der Waals surface area contributed by atoms with E-state index >= 15 is 0 Å². The van der Waals surface area contributed by atoms with E-state index in [2.05, 4.69) is 4.90 Å². The molecule has 1 aliphatic heterocycles. The average Bonchev–Trinajstić information content (AvgIpc) is 2.48. The van der Waals surface area contributed by atoms with E-state index in [0.29, 0.717) is 32.7 Å². The van der Waals surface area contributed by atoms with E-state index in [1.807, 2.05) is 0 Å². The summed E-state index contributed by atoms with van der Waals surface area (Å²) in [4.78, 5) is 12.3. The van der Waals surface area contributed by atoms with E-state index in [1.165, 1.54) is 34.8 Å². The number of nitrogens with zero attached hydrogens (tertiary/aromatic N) is 4. The quantitative estimate of drug-likeness (QED) is 0.581. The van der Waals surface area contributed by atoms with Gasteiger partial charge in [-0.15, -0.1) is 0 Å². The predicted octanol–water partition coefficient (Wildman–Crippen LogP) is 0.519. The zero-order chi connectivity index (χ0) is 16.3. The first-order chi connectivity index (χ1) is 10.3. The lowest BCUT2D eigenvalue weighted by Crippen LogP contribution is -2.51. The summed E-state index contributed by atoms with van der Waals surface area (Å²) in [6.45, 7) is 2.85. The number of benzene rings is 1. The molecule has 0 spiro atoms. The minimum absolute atomic E-state index is 0.0747. The van der Waals surface area contributed by atoms with Gasteiger partial charge in [-0.2, -0.15) is 17.0 Å². The second-order valence-corrected chi connectivity index (χ2v) is 7.53. The van der Waals surface area contributed by atoms with Gasteiger partial charge in [0.05, 0.1) is 4.92 Å². The lowest BCUT2D eigenvalue weighted by molar-refractivity contribution is -0.384. The van der Waals surface area contributed by atoms with Gasteiger partial charge < -0.3 is 0 Å². The van der Waals surface area contributed by atoms with Crippen LogP contribution in [0.2, 0.25) is 0 Å². The number of nitro groups is 1. The first kappa shape index (κ1) is 16.8. The highest BCUT2D eigenvalue weighted by molar-refractivity contribution is 7.86. The Kier molecular flexibility index (Phi) is 5.12. The maximum absolute atomic E-state index is 12.0. The highest BCUT2D eigenvalue weighted by Gasteiger charge is 2.28. The van der Waals surface area contributed by atoms with Crippen LogP contribution in [0.1, 0.15) is 5.56 Å². The van der Waals surface area contributed by atoms with Crippen LogP contribution in [0.4, 0.5) is 5.69 Å². The summed E-state index contributed by atoms with van der Waals surface area (Å²) < 4.78 is 26.7. The molecule has 0 radical (unpaired) electrons. The molecule has 1 aromatic rings. The van der Waals surface area contributed by atoms with E-state index in [1.54, 1.807) is 12.1 Å². The predicted molar refractivity (Wildman–Crippen MR) is 82.6 cm³/mol. The summed E-state index contributed by atoms with van der Waals surface area (Å²) in [5, 5.41) is 10.6. The van der Waals surface area contributed by atoms with Crippen LogP contribution in [0.5, 0.6) is 0 Å². The van der Waals surface area contributed by atoms with Crippen molar-refractivity contribution < 1.29 is 13.3 Å². The van der Waals surface area contributed by atoms with E-state index in [9.17, 15) is 18.5 Å². The monoisotopic (exact) mass is 328 g/mol. The third-order valence-corrected chi connectivity index (χ3v) is 5.61. The number of nitro benzene ring substituents is 1. The van der Waals surface area contributed by atoms with E-state index in [-0.39, 0.29) is 5.69 Å². The topological polar surface area (TPSA) is 87.0 Å². The first-order valence-electron chi connectivity index (χ1n) is 6.94. The van der Waals surface area contributed by atoms with Gasteiger partial charge in [-0.05, 0) is 5.56 Å². The van der Waals surface area contributed by atoms with Crippen molar-refractivity contribution in [2.45, 2.75) is 6.54 Å². The van der Waals surface area contributed by atoms with E-state index in [0.717, 1.165) is 5.56 Å². The molecule has 8 nitrogen and oxygen atoms in total. The van der Waals surface area contributed by atoms with Gasteiger partial charge in [-0.25, -0.2) is 0 Å². The molecule has 0 bridgehead atoms. The van der Waals surface area contributed by atoms with E-state index in [4.69, 9.17) is 0 Å². The molecule has 22 heavy (non-hydrogen) atoms. The molecule has 9 heteroatoms. The fourth-order valence-electron chi connectivity index (χ4n) is 2.33. The number of rotatable bonds is 5. The summed E-state index contributed by atoms with van der Waals surface area (Å²) in [5.74, 6) is 0. The third kappa shape index (κ3) is 3.80. The molecule has 1 saturated heterocycles. The van der Waals surface area contributed by atoms with Crippen molar-refractivity contribution in [1.82, 2.24) is 13.5 Å². The first-order valence-corrected chi connectivity index (χ1v) is 8.33. The molecule has 0 amide bonds. The van der Waals surface area contributed by atoms with Crippen molar-refractivity contribution in [1.29, 1.82) is 0 Å². The Morgan fingerprint density at radius 1 is 1.14 bits per heavy atom. The third-order valence-electron chi connectivity index (χ3n) is 3.67. The molecule has 0 aromatic heterocycles. The minimum Gasteiger partial charge on any atom is -0.296 e. The Morgan fingerprint density at radius 2 is 1.68 bits per heavy atom. The number of non-ortho nitro benzene ring substituents is 1. The number of piperazine rings is 1. The lowest BCUT2D eigenvalue weighted by Gasteiger charge is -2.35. The SMILES string of the molecule is CN(C)S(=O)(=O)N1CCN(Cc2ccc([N+](=O)[O-])cc2)CC1. The number of hydrogen-bond donors (Lipinski definition) is 0. The summed E-state index contributed by atoms with van der Waals surface area (Å²) in [7, 11) is -0.294. The summed E-state index contributed by atoms with van der Waals surface area (Å²) >= 11 is 0. The van der Waals surface area contributed by atoms with Crippen molar-refractivity contribution in [3.8, 4) is 0 Å². The Morgan fingerprint density at radius 3 is 2.14 bits per heavy atom. The second-order valence-electron chi connectivity index (χ2n) is 5.39. The van der Waals surface area contributed by atoms with E-state index < -0.39 is 15.1 Å². The molecule has 1 aliphatic rings. The number of hydrogen-bond acceptors (Lipinski definition) is 5. The van der Waals surface area contributed by atoms with Gasteiger partial charge in [0.25, 0.3) is 15.9 Å². The highest BCUT2D eigenvalue weighted by Crippen LogP contribution is 2.15. The second kappa shape index (κ2) is 6.69. The molecular weight excluding hydrogens is 308 g/mol. The molecule has 0 atom stereocenters. The van der Waals surface area contributed by atoms with Crippen molar-refractivity contribution in [3.05, 3.63) is 39.9 Å². The molecule has 2 rings (SSSR count). The van der Waals surface area contributed by atoms with Crippen molar-refractivity contribution in [2.24, 2.45) is 0 Å². The van der Waals surface area contributed by atoms with Gasteiger partial charge in [0, 0.05) is 59.0 Å². The smallest absolute Gasteiger partial charge is 0.281 e. The van der Waals surface area contributed by atoms with Crippen LogP contribution in [0.3, 0.4) is 0 Å². The van der Waals surface area contributed by atoms with Crippen LogP contribution in [-0.4, -0.2) is 67.1 Å². The Labute approximate surface area is 130 Å². The molecule has 122 valence electrons. The fraction of sp³-hybridized carbons (Fsp3) is 0.538. The van der Waals surface area contributed by atoms with Gasteiger partial charge in [0.15, 0.2) is 0 Å². The minimum atomic E-state index is -3.35. The molecular formula is C13H20N4O4S. The van der Waals surface area contributed by atoms with Crippen LogP contribution in [0, 0.1) is 10.1 Å². The zero-order valence-corrected chi connectivity index (χ0v) is 13.5. The van der Waals surface area contributed by atoms with Gasteiger partial charge in [-0.3, -0.25) is 15.0 Å². The van der Waals surface area contributed by atoms with Crippen LogP contribution >= 0.6 is 0 Å². The van der Waals surface area contributed by atoms with Crippen molar-refractivity contribution >= 4 is 15.9 Å². The van der Waals surface area contributed by atoms with Gasteiger partial charge >= 0.3 is 0 Å². The van der Waals surface area contributed by atoms with Crippen molar-refractivity contribution in [2.75, 3.05) is 40.3 Å². The van der Waals surface area contributed by atoms with Crippen LogP contribution < -0.4 is 0 Å². The van der Waals surface area contributed by atoms with Crippen LogP contribution in [0.25, 0.3) is 0 Å². The Bertz CT molecular complexity index is 622.